The lowest BCUT2D eigenvalue weighted by atomic mass is 10.0. The van der Waals surface area contributed by atoms with Crippen LogP contribution in [-0.2, 0) is 9.53 Å². The first-order chi connectivity index (χ1) is 9.50. The second-order valence-corrected chi connectivity index (χ2v) is 4.88. The van der Waals surface area contributed by atoms with E-state index in [1.807, 2.05) is 0 Å². The first-order valence-electron chi connectivity index (χ1n) is 6.50. The van der Waals surface area contributed by atoms with Gasteiger partial charge in [-0.3, -0.25) is 9.69 Å². The molecule has 0 saturated carbocycles. The molecule has 1 aromatic rings. The topological polar surface area (TPSA) is 49.8 Å². The van der Waals surface area contributed by atoms with Gasteiger partial charge < -0.3 is 9.84 Å². The van der Waals surface area contributed by atoms with Gasteiger partial charge in [0.2, 0.25) is 0 Å². The highest BCUT2D eigenvalue weighted by Crippen LogP contribution is 2.29. The van der Waals surface area contributed by atoms with Crippen LogP contribution in [0, 0.1) is 11.6 Å². The van der Waals surface area contributed by atoms with E-state index in [9.17, 15) is 13.6 Å². The van der Waals surface area contributed by atoms with E-state index in [1.165, 1.54) is 18.2 Å². The van der Waals surface area contributed by atoms with E-state index in [-0.39, 0.29) is 24.6 Å². The van der Waals surface area contributed by atoms with Gasteiger partial charge in [0.25, 0.3) is 0 Å². The number of carbonyl (C=O) groups is 1. The summed E-state index contributed by atoms with van der Waals surface area (Å²) >= 11 is 0. The Labute approximate surface area is 116 Å². The van der Waals surface area contributed by atoms with Gasteiger partial charge in [-0.05, 0) is 19.1 Å². The van der Waals surface area contributed by atoms with Gasteiger partial charge in [-0.1, -0.05) is 6.07 Å². The molecule has 0 amide bonds. The van der Waals surface area contributed by atoms with Gasteiger partial charge in [0.1, 0.15) is 11.6 Å². The molecule has 1 saturated heterocycles. The highest BCUT2D eigenvalue weighted by Gasteiger charge is 2.31. The zero-order valence-corrected chi connectivity index (χ0v) is 11.2. The number of ether oxygens (including phenoxy) is 1. The van der Waals surface area contributed by atoms with Crippen molar-refractivity contribution in [3.63, 3.8) is 0 Å². The van der Waals surface area contributed by atoms with Crippen molar-refractivity contribution >= 4 is 5.97 Å². The second-order valence-electron chi connectivity index (χ2n) is 4.88. The standard InChI is InChI=1S/C14H17F2NO3/c1-9(14-11(15)3-2-4-12(14)16)17-5-6-20-8-10(17)7-13(18)19/h2-4,9-10H,5-8H2,1H3,(H,18,19). The van der Waals surface area contributed by atoms with Gasteiger partial charge in [0.05, 0.1) is 19.6 Å². The van der Waals surface area contributed by atoms with E-state index < -0.39 is 23.6 Å². The fourth-order valence-corrected chi connectivity index (χ4v) is 2.63. The van der Waals surface area contributed by atoms with E-state index in [1.54, 1.807) is 11.8 Å². The van der Waals surface area contributed by atoms with Crippen LogP contribution in [0.15, 0.2) is 18.2 Å². The second kappa shape index (κ2) is 6.28. The summed E-state index contributed by atoms with van der Waals surface area (Å²) in [7, 11) is 0. The van der Waals surface area contributed by atoms with Crippen molar-refractivity contribution in [2.75, 3.05) is 19.8 Å². The Morgan fingerprint density at radius 1 is 1.50 bits per heavy atom. The lowest BCUT2D eigenvalue weighted by Crippen LogP contribution is -2.47. The van der Waals surface area contributed by atoms with E-state index in [0.29, 0.717) is 13.2 Å². The maximum atomic E-state index is 13.8. The number of aliphatic carboxylic acids is 1. The molecule has 1 aliphatic rings. The van der Waals surface area contributed by atoms with Gasteiger partial charge in [0.15, 0.2) is 0 Å². The van der Waals surface area contributed by atoms with Crippen molar-refractivity contribution < 1.29 is 23.4 Å². The highest BCUT2D eigenvalue weighted by atomic mass is 19.1. The van der Waals surface area contributed by atoms with Gasteiger partial charge >= 0.3 is 5.97 Å². The third-order valence-corrected chi connectivity index (χ3v) is 3.60. The Morgan fingerprint density at radius 3 is 2.75 bits per heavy atom. The lowest BCUT2D eigenvalue weighted by molar-refractivity contribution is -0.140. The van der Waals surface area contributed by atoms with Crippen molar-refractivity contribution in [1.82, 2.24) is 4.90 Å². The fraction of sp³-hybridized carbons (Fsp3) is 0.500. The number of nitrogens with zero attached hydrogens (tertiary/aromatic N) is 1. The van der Waals surface area contributed by atoms with Crippen molar-refractivity contribution in [2.45, 2.75) is 25.4 Å². The third kappa shape index (κ3) is 3.13. The average molecular weight is 285 g/mol. The molecular weight excluding hydrogens is 268 g/mol. The van der Waals surface area contributed by atoms with Gasteiger partial charge in [-0.15, -0.1) is 0 Å². The van der Waals surface area contributed by atoms with E-state index in [2.05, 4.69) is 0 Å². The normalized spacial score (nSPS) is 21.6. The molecular formula is C14H17F2NO3. The Bertz CT molecular complexity index is 475. The molecule has 2 atom stereocenters. The molecule has 2 rings (SSSR count). The molecule has 0 spiro atoms. The molecule has 0 aromatic heterocycles. The van der Waals surface area contributed by atoms with Crippen LogP contribution in [0.3, 0.4) is 0 Å². The summed E-state index contributed by atoms with van der Waals surface area (Å²) in [6.45, 7) is 2.82. The van der Waals surface area contributed by atoms with Gasteiger partial charge in [-0.2, -0.15) is 0 Å². The molecule has 1 aliphatic heterocycles. The molecule has 1 N–H and O–H groups in total. The van der Waals surface area contributed by atoms with E-state index >= 15 is 0 Å². The molecule has 0 aliphatic carbocycles. The molecule has 1 fully saturated rings. The minimum Gasteiger partial charge on any atom is -0.481 e. The van der Waals surface area contributed by atoms with E-state index in [0.717, 1.165) is 0 Å². The van der Waals surface area contributed by atoms with Crippen LogP contribution in [0.5, 0.6) is 0 Å². The number of rotatable bonds is 4. The van der Waals surface area contributed by atoms with Crippen molar-refractivity contribution in [3.8, 4) is 0 Å². The molecule has 6 heteroatoms. The monoisotopic (exact) mass is 285 g/mol. The number of hydrogen-bond donors (Lipinski definition) is 1. The van der Waals surface area contributed by atoms with Crippen LogP contribution < -0.4 is 0 Å². The van der Waals surface area contributed by atoms with Gasteiger partial charge in [0, 0.05) is 24.2 Å². The number of halogens is 2. The quantitative estimate of drug-likeness (QED) is 0.921. The zero-order valence-electron chi connectivity index (χ0n) is 11.2. The third-order valence-electron chi connectivity index (χ3n) is 3.60. The van der Waals surface area contributed by atoms with Crippen LogP contribution in [0.1, 0.15) is 24.9 Å². The molecule has 110 valence electrons. The molecule has 4 nitrogen and oxygen atoms in total. The van der Waals surface area contributed by atoms with Crippen molar-refractivity contribution in [3.05, 3.63) is 35.4 Å². The molecule has 0 radical (unpaired) electrons. The molecule has 20 heavy (non-hydrogen) atoms. The van der Waals surface area contributed by atoms with Crippen molar-refractivity contribution in [1.29, 1.82) is 0 Å². The first kappa shape index (κ1) is 14.9. The summed E-state index contributed by atoms with van der Waals surface area (Å²) in [5.41, 5.74) is -0.0233. The number of carboxylic acids is 1. The number of hydrogen-bond acceptors (Lipinski definition) is 3. The fourth-order valence-electron chi connectivity index (χ4n) is 2.63. The van der Waals surface area contributed by atoms with Crippen LogP contribution in [0.2, 0.25) is 0 Å². The average Bonchev–Trinajstić information content (AvgIpc) is 2.38. The smallest absolute Gasteiger partial charge is 0.305 e. The van der Waals surface area contributed by atoms with Crippen LogP contribution in [0.4, 0.5) is 8.78 Å². The number of benzene rings is 1. The summed E-state index contributed by atoms with van der Waals surface area (Å²) in [6.07, 6.45) is -0.111. The van der Waals surface area contributed by atoms with Crippen LogP contribution in [0.25, 0.3) is 0 Å². The summed E-state index contributed by atoms with van der Waals surface area (Å²) in [5.74, 6) is -2.18. The highest BCUT2D eigenvalue weighted by molar-refractivity contribution is 5.67. The molecule has 1 heterocycles. The largest absolute Gasteiger partial charge is 0.481 e. The van der Waals surface area contributed by atoms with Crippen LogP contribution >= 0.6 is 0 Å². The zero-order chi connectivity index (χ0) is 14.7. The Kier molecular flexibility index (Phi) is 4.67. The summed E-state index contributed by atoms with van der Waals surface area (Å²) in [6, 6.07) is 2.82. The van der Waals surface area contributed by atoms with Crippen molar-refractivity contribution in [2.24, 2.45) is 0 Å². The first-order valence-corrected chi connectivity index (χ1v) is 6.50. The predicted molar refractivity (Wildman–Crippen MR) is 68.3 cm³/mol. The maximum absolute atomic E-state index is 13.8. The summed E-state index contributed by atoms with van der Waals surface area (Å²) in [4.78, 5) is 12.7. The number of carboxylic acid groups (broad SMARTS) is 1. The van der Waals surface area contributed by atoms with Crippen LogP contribution in [-0.4, -0.2) is 41.8 Å². The predicted octanol–water partition coefficient (Wildman–Crippen LogP) is 2.20. The lowest BCUT2D eigenvalue weighted by Gasteiger charge is -2.39. The maximum Gasteiger partial charge on any atom is 0.305 e. The Morgan fingerprint density at radius 2 is 2.15 bits per heavy atom. The minimum absolute atomic E-state index is 0.0233. The van der Waals surface area contributed by atoms with E-state index in [4.69, 9.17) is 9.84 Å². The number of morpholine rings is 1. The SMILES string of the molecule is CC(c1c(F)cccc1F)N1CCOCC1CC(=O)O. The summed E-state index contributed by atoms with van der Waals surface area (Å²) in [5, 5.41) is 8.91. The molecule has 0 bridgehead atoms. The minimum atomic E-state index is -0.952. The summed E-state index contributed by atoms with van der Waals surface area (Å²) < 4.78 is 32.9. The molecule has 2 unspecified atom stereocenters. The molecule has 1 aromatic carbocycles. The Hall–Kier alpha value is -1.53. The Balaban J connectivity index is 2.25. The van der Waals surface area contributed by atoms with Gasteiger partial charge in [-0.25, -0.2) is 8.78 Å².